The molecular weight excluding hydrogens is 664 g/mol. The maximum absolute atomic E-state index is 13.6. The Balaban J connectivity index is 1.55. The van der Waals surface area contributed by atoms with Crippen LogP contribution >= 0.6 is 11.8 Å². The molecule has 7 atom stereocenters. The summed E-state index contributed by atoms with van der Waals surface area (Å²) in [5.74, 6) is 0.266. The molecule has 2 N–H and O–H groups in total. The molecule has 0 radical (unpaired) electrons. The number of fused-ring (bicyclic) bond motifs is 9. The molecule has 2 aromatic carbocycles. The van der Waals surface area contributed by atoms with Gasteiger partial charge in [-0.25, -0.2) is 4.79 Å². The number of cyclic esters (lactones) is 1. The minimum atomic E-state index is -0.960. The molecule has 2 aromatic rings. The Morgan fingerprint density at radius 1 is 1.20 bits per heavy atom. The summed E-state index contributed by atoms with van der Waals surface area (Å²) in [4.78, 5) is 43.3. The van der Waals surface area contributed by atoms with Crippen molar-refractivity contribution >= 4 is 29.6 Å². The third-order valence-electron chi connectivity index (χ3n) is 10.5. The summed E-state index contributed by atoms with van der Waals surface area (Å²) in [6.45, 7) is 10.9. The van der Waals surface area contributed by atoms with E-state index in [0.717, 1.165) is 11.1 Å². The number of aromatic hydroxyl groups is 1. The van der Waals surface area contributed by atoms with Crippen molar-refractivity contribution in [3.8, 4) is 34.8 Å². The Labute approximate surface area is 294 Å². The zero-order valence-electron chi connectivity index (χ0n) is 28.6. The molecule has 0 saturated carbocycles. The third kappa shape index (κ3) is 5.08. The lowest BCUT2D eigenvalue weighted by Crippen LogP contribution is -2.70. The second kappa shape index (κ2) is 13.0. The van der Waals surface area contributed by atoms with E-state index in [1.807, 2.05) is 13.0 Å². The lowest BCUT2D eigenvalue weighted by molar-refractivity contribution is -0.153. The highest BCUT2D eigenvalue weighted by Gasteiger charge is 2.61. The predicted octanol–water partition coefficient (Wildman–Crippen LogP) is 3.68. The number of aryl methyl sites for hydroxylation is 1. The molecule has 5 aliphatic heterocycles. The van der Waals surface area contributed by atoms with Crippen molar-refractivity contribution in [1.82, 2.24) is 15.1 Å². The molecule has 7 rings (SSSR count). The van der Waals surface area contributed by atoms with Crippen LogP contribution < -0.4 is 24.3 Å². The molecular formula is C36H40N4O9S. The molecule has 0 aliphatic carbocycles. The van der Waals surface area contributed by atoms with Crippen LogP contribution in [-0.2, 0) is 25.5 Å². The number of carbonyl (C=O) groups is 3. The molecule has 1 amide bonds. The summed E-state index contributed by atoms with van der Waals surface area (Å²) in [5, 5.41) is 25.3. The van der Waals surface area contributed by atoms with Crippen molar-refractivity contribution in [3.63, 3.8) is 0 Å². The molecule has 14 heteroatoms. The molecule has 50 heavy (non-hydrogen) atoms. The first-order chi connectivity index (χ1) is 24.1. The van der Waals surface area contributed by atoms with Crippen LogP contribution in [0.15, 0.2) is 18.7 Å². The number of ether oxygens (including phenoxy) is 5. The van der Waals surface area contributed by atoms with Crippen LogP contribution in [0.3, 0.4) is 0 Å². The van der Waals surface area contributed by atoms with Gasteiger partial charge in [0.15, 0.2) is 23.0 Å². The number of hydrogen-bond donors (Lipinski definition) is 2. The first kappa shape index (κ1) is 34.0. The fourth-order valence-electron chi connectivity index (χ4n) is 8.61. The second-order valence-corrected chi connectivity index (χ2v) is 14.3. The number of amides is 1. The summed E-state index contributed by atoms with van der Waals surface area (Å²) < 4.78 is 29.8. The van der Waals surface area contributed by atoms with Gasteiger partial charge in [0.05, 0.1) is 30.5 Å². The molecule has 4 bridgehead atoms. The number of phenols is 1. The molecule has 2 unspecified atom stereocenters. The van der Waals surface area contributed by atoms with Gasteiger partial charge in [0, 0.05) is 60.0 Å². The fraction of sp³-hybridized carbons (Fsp3) is 0.500. The Hall–Kier alpha value is -4.45. The van der Waals surface area contributed by atoms with Gasteiger partial charge in [-0.05, 0) is 31.4 Å². The number of benzene rings is 2. The van der Waals surface area contributed by atoms with Gasteiger partial charge in [-0.3, -0.25) is 19.4 Å². The van der Waals surface area contributed by atoms with E-state index >= 15 is 0 Å². The number of hydrogen-bond acceptors (Lipinski definition) is 13. The van der Waals surface area contributed by atoms with Gasteiger partial charge in [0.25, 0.3) is 0 Å². The quantitative estimate of drug-likeness (QED) is 0.255. The maximum Gasteiger partial charge on any atom is 0.329 e. The predicted molar refractivity (Wildman–Crippen MR) is 181 cm³/mol. The van der Waals surface area contributed by atoms with Gasteiger partial charge in [-0.15, -0.1) is 18.3 Å². The van der Waals surface area contributed by atoms with Crippen molar-refractivity contribution in [2.45, 2.75) is 82.0 Å². The van der Waals surface area contributed by atoms with Gasteiger partial charge in [0.1, 0.15) is 24.4 Å². The summed E-state index contributed by atoms with van der Waals surface area (Å²) in [5.41, 5.74) is 4.23. The highest BCUT2D eigenvalue weighted by Crippen LogP contribution is 2.64. The zero-order chi connectivity index (χ0) is 35.6. The van der Waals surface area contributed by atoms with E-state index in [2.05, 4.69) is 27.8 Å². The van der Waals surface area contributed by atoms with E-state index in [9.17, 15) is 24.8 Å². The third-order valence-corrected chi connectivity index (χ3v) is 11.9. The highest BCUT2D eigenvalue weighted by molar-refractivity contribution is 7.99. The Morgan fingerprint density at radius 2 is 1.96 bits per heavy atom. The van der Waals surface area contributed by atoms with Crippen molar-refractivity contribution < 1.29 is 43.2 Å². The highest BCUT2D eigenvalue weighted by atomic mass is 32.2. The van der Waals surface area contributed by atoms with E-state index in [4.69, 9.17) is 23.7 Å². The standard InChI is InChI=1S/C36H40N4O9S/c1-7-9-39-21-11-19-10-16(3)31(45-6)30(43)25(19)28(39)29-35-27-26(34-33(47-15-48-34)17(4)32(27)49-18(5)41)23(40(29)22(21)12-37)13-46-36(44)20(14-50-35)38-24(42)8-2/h7,10,20-23,28-29,35,43H,1,8-9,11,13-15H2,2-6H3,(H,38,42)/t20?,21-,22-,23-,28-,29?,35+/m0/s1. The van der Waals surface area contributed by atoms with Crippen LogP contribution in [-0.4, -0.2) is 89.7 Å². The Morgan fingerprint density at radius 3 is 2.64 bits per heavy atom. The summed E-state index contributed by atoms with van der Waals surface area (Å²) in [6, 6.07) is 0.821. The molecule has 13 nitrogen and oxygen atoms in total. The number of nitrogens with one attached hydrogen (secondary N) is 1. The van der Waals surface area contributed by atoms with E-state index in [1.165, 1.54) is 25.8 Å². The molecule has 0 aromatic heterocycles. The lowest BCUT2D eigenvalue weighted by Gasteiger charge is -2.62. The van der Waals surface area contributed by atoms with Gasteiger partial charge < -0.3 is 34.1 Å². The van der Waals surface area contributed by atoms with Crippen molar-refractivity contribution in [2.24, 2.45) is 0 Å². The second-order valence-electron chi connectivity index (χ2n) is 13.2. The number of phenolic OH excluding ortho intramolecular Hbond substituents is 1. The number of piperazine rings is 1. The van der Waals surface area contributed by atoms with Gasteiger partial charge in [-0.1, -0.05) is 19.1 Å². The van der Waals surface area contributed by atoms with Gasteiger partial charge >= 0.3 is 11.9 Å². The first-order valence-electron chi connectivity index (χ1n) is 16.7. The number of nitrogens with zero attached hydrogens (tertiary/aromatic N) is 3. The van der Waals surface area contributed by atoms with E-state index < -0.39 is 47.4 Å². The van der Waals surface area contributed by atoms with Crippen LogP contribution in [0.1, 0.15) is 71.0 Å². The largest absolute Gasteiger partial charge is 0.504 e. The van der Waals surface area contributed by atoms with Crippen LogP contribution in [0.4, 0.5) is 0 Å². The number of methoxy groups -OCH3 is 1. The lowest BCUT2D eigenvalue weighted by atomic mass is 9.71. The molecule has 0 spiro atoms. The average Bonchev–Trinajstić information content (AvgIpc) is 3.58. The summed E-state index contributed by atoms with van der Waals surface area (Å²) in [6.07, 6.45) is 2.44. The average molecular weight is 705 g/mol. The number of rotatable bonds is 6. The van der Waals surface area contributed by atoms with Crippen LogP contribution in [0.5, 0.6) is 28.7 Å². The van der Waals surface area contributed by atoms with E-state index in [-0.39, 0.29) is 43.3 Å². The zero-order valence-corrected chi connectivity index (χ0v) is 29.4. The molecule has 264 valence electrons. The minimum Gasteiger partial charge on any atom is -0.504 e. The monoisotopic (exact) mass is 704 g/mol. The SMILES string of the molecule is C=CCN1[C@H]2c3c(cc(C)c(OC)c3O)C[C@H]1[C@H](C#N)N1C2[C@@H]2SCC(NC(=O)CC)C(=O)OC[C@H]1c1c3c(c(C)c(OC(C)=O)c12)OCO3. The van der Waals surface area contributed by atoms with E-state index in [0.29, 0.717) is 58.2 Å². The van der Waals surface area contributed by atoms with Gasteiger partial charge in [-0.2, -0.15) is 5.26 Å². The maximum atomic E-state index is 13.6. The van der Waals surface area contributed by atoms with Gasteiger partial charge in [0.2, 0.25) is 12.7 Å². The molecule has 2 saturated heterocycles. The normalized spacial score (nSPS) is 27.9. The molecule has 5 aliphatic rings. The van der Waals surface area contributed by atoms with Crippen LogP contribution in [0.2, 0.25) is 0 Å². The number of thioether (sulfide) groups is 1. The topological polar surface area (TPSA) is 160 Å². The summed E-state index contributed by atoms with van der Waals surface area (Å²) >= 11 is 1.40. The van der Waals surface area contributed by atoms with E-state index in [1.54, 1.807) is 19.9 Å². The van der Waals surface area contributed by atoms with Crippen molar-refractivity contribution in [3.05, 3.63) is 52.1 Å². The van der Waals surface area contributed by atoms with Crippen molar-refractivity contribution in [1.29, 1.82) is 5.26 Å². The molecule has 5 heterocycles. The first-order valence-corrected chi connectivity index (χ1v) is 17.8. The Kier molecular flexibility index (Phi) is 8.86. The van der Waals surface area contributed by atoms with Crippen LogP contribution in [0.25, 0.3) is 0 Å². The summed E-state index contributed by atoms with van der Waals surface area (Å²) in [7, 11) is 1.52. The molecule has 2 fully saturated rings. The number of carbonyl (C=O) groups excluding carboxylic acids is 3. The smallest absolute Gasteiger partial charge is 0.329 e. The number of esters is 2. The van der Waals surface area contributed by atoms with Crippen LogP contribution in [0, 0.1) is 25.2 Å². The Bertz CT molecular complexity index is 1840. The fourth-order valence-corrected chi connectivity index (χ4v) is 10.1. The van der Waals surface area contributed by atoms with Crippen molar-refractivity contribution in [2.75, 3.05) is 32.8 Å². The minimum absolute atomic E-state index is 0.0233. The number of nitriles is 1.